The highest BCUT2D eigenvalue weighted by molar-refractivity contribution is 7.47. The Kier molecular flexibility index (Phi) is 5.15. The highest BCUT2D eigenvalue weighted by atomic mass is 31.2. The topological polar surface area (TPSA) is 144 Å². The lowest BCUT2D eigenvalue weighted by molar-refractivity contribution is -0.0685. The molecule has 0 amide bonds. The number of hydrogen-bond donors (Lipinski definition) is 2. The molecular formula is C15H22N5O6P. The summed E-state index contributed by atoms with van der Waals surface area (Å²) in [4.78, 5) is 22.1. The van der Waals surface area contributed by atoms with Gasteiger partial charge in [-0.05, 0) is 6.42 Å². The fraction of sp³-hybridized carbons (Fsp3) is 0.667. The standard InChI is InChI=1S/C15H22N5O6P/c1-2-3-4-5-23-12-11-9(6-24-27(21,22)26-11)25-15(12)20-8-19-10-13(16)17-7-18-14(10)20/h7-9,11-12,15H,2-6H2,1H3,(H,21,22)(H2,16,17,18)/t9-,11-,12-,15-/m1/s1. The lowest BCUT2D eigenvalue weighted by Crippen LogP contribution is -2.40. The highest BCUT2D eigenvalue weighted by Crippen LogP contribution is 2.53. The van der Waals surface area contributed by atoms with E-state index in [1.54, 1.807) is 10.9 Å². The molecule has 2 aliphatic heterocycles. The molecule has 0 saturated carbocycles. The van der Waals surface area contributed by atoms with Gasteiger partial charge in [0, 0.05) is 6.61 Å². The van der Waals surface area contributed by atoms with Crippen LogP contribution in [0, 0.1) is 0 Å². The largest absolute Gasteiger partial charge is 0.472 e. The van der Waals surface area contributed by atoms with E-state index in [1.807, 2.05) is 0 Å². The summed E-state index contributed by atoms with van der Waals surface area (Å²) >= 11 is 0. The predicted octanol–water partition coefficient (Wildman–Crippen LogP) is 1.40. The molecular weight excluding hydrogens is 377 g/mol. The van der Waals surface area contributed by atoms with E-state index in [-0.39, 0.29) is 12.4 Å². The average molecular weight is 399 g/mol. The molecule has 2 aromatic heterocycles. The van der Waals surface area contributed by atoms with E-state index in [0.29, 0.717) is 17.8 Å². The molecule has 3 N–H and O–H groups in total. The molecule has 2 aliphatic rings. The maximum absolute atomic E-state index is 11.9. The summed E-state index contributed by atoms with van der Waals surface area (Å²) in [6, 6.07) is 0. The Balaban J connectivity index is 1.64. The van der Waals surface area contributed by atoms with Crippen molar-refractivity contribution in [2.75, 3.05) is 18.9 Å². The summed E-state index contributed by atoms with van der Waals surface area (Å²) in [5.41, 5.74) is 6.79. The Labute approximate surface area is 155 Å². The minimum absolute atomic E-state index is 0.0620. The minimum Gasteiger partial charge on any atom is -0.382 e. The number of nitrogens with two attached hydrogens (primary N) is 1. The summed E-state index contributed by atoms with van der Waals surface area (Å²) in [5.74, 6) is 0.258. The molecule has 0 radical (unpaired) electrons. The molecule has 0 bridgehead atoms. The zero-order valence-corrected chi connectivity index (χ0v) is 15.7. The van der Waals surface area contributed by atoms with Crippen molar-refractivity contribution < 1.29 is 28.0 Å². The van der Waals surface area contributed by atoms with Crippen LogP contribution in [0.4, 0.5) is 5.82 Å². The fourth-order valence-electron chi connectivity index (χ4n) is 3.35. The molecule has 0 aliphatic carbocycles. The number of anilines is 1. The van der Waals surface area contributed by atoms with Crippen LogP contribution in [-0.4, -0.2) is 55.9 Å². The first-order valence-corrected chi connectivity index (χ1v) is 10.4. The first-order valence-electron chi connectivity index (χ1n) is 8.86. The number of ether oxygens (including phenoxy) is 2. The molecule has 4 heterocycles. The van der Waals surface area contributed by atoms with Gasteiger partial charge in [-0.3, -0.25) is 13.6 Å². The zero-order chi connectivity index (χ0) is 19.0. The third-order valence-corrected chi connectivity index (χ3v) is 5.65. The third-order valence-electron chi connectivity index (χ3n) is 4.66. The number of aromatic nitrogens is 4. The van der Waals surface area contributed by atoms with Crippen LogP contribution in [0.25, 0.3) is 11.2 Å². The Morgan fingerprint density at radius 3 is 3.07 bits per heavy atom. The average Bonchev–Trinajstić information content (AvgIpc) is 3.20. The van der Waals surface area contributed by atoms with E-state index in [2.05, 4.69) is 21.9 Å². The SMILES string of the molecule is CCCCCO[C@@H]1[C@@H]2OP(=O)(O)OC[C@H]2O[C@H]1n1cnc2c(N)ncnc21. The second kappa shape index (κ2) is 7.42. The van der Waals surface area contributed by atoms with Gasteiger partial charge < -0.3 is 20.1 Å². The molecule has 2 fully saturated rings. The Bertz CT molecular complexity index is 862. The predicted molar refractivity (Wildman–Crippen MR) is 93.6 cm³/mol. The molecule has 27 heavy (non-hydrogen) atoms. The first-order chi connectivity index (χ1) is 13.0. The number of hydrogen-bond acceptors (Lipinski definition) is 9. The minimum atomic E-state index is -4.13. The summed E-state index contributed by atoms with van der Waals surface area (Å²) in [5, 5.41) is 0. The lowest BCUT2D eigenvalue weighted by Gasteiger charge is -2.29. The number of rotatable bonds is 6. The summed E-state index contributed by atoms with van der Waals surface area (Å²) in [6.45, 7) is 2.52. The van der Waals surface area contributed by atoms with Crippen LogP contribution in [-0.2, 0) is 23.1 Å². The van der Waals surface area contributed by atoms with Gasteiger partial charge in [0.15, 0.2) is 17.7 Å². The van der Waals surface area contributed by atoms with E-state index in [1.165, 1.54) is 6.33 Å². The van der Waals surface area contributed by atoms with E-state index >= 15 is 0 Å². The molecule has 11 nitrogen and oxygen atoms in total. The van der Waals surface area contributed by atoms with Gasteiger partial charge in [0.2, 0.25) is 0 Å². The molecule has 4 rings (SSSR count). The third kappa shape index (κ3) is 3.58. The number of unbranched alkanes of at least 4 members (excludes halogenated alkanes) is 2. The van der Waals surface area contributed by atoms with Crippen molar-refractivity contribution in [1.82, 2.24) is 19.5 Å². The Morgan fingerprint density at radius 2 is 2.26 bits per heavy atom. The summed E-state index contributed by atoms with van der Waals surface area (Å²) in [7, 11) is -4.13. The van der Waals surface area contributed by atoms with E-state index in [0.717, 1.165) is 19.3 Å². The van der Waals surface area contributed by atoms with Crippen LogP contribution in [0.2, 0.25) is 0 Å². The van der Waals surface area contributed by atoms with Gasteiger partial charge >= 0.3 is 7.82 Å². The maximum Gasteiger partial charge on any atom is 0.472 e. The van der Waals surface area contributed by atoms with Crippen LogP contribution in [0.3, 0.4) is 0 Å². The number of phosphoric acid groups is 1. The molecule has 12 heteroatoms. The smallest absolute Gasteiger partial charge is 0.382 e. The molecule has 0 spiro atoms. The molecule has 148 valence electrons. The quantitative estimate of drug-likeness (QED) is 0.540. The fourth-order valence-corrected chi connectivity index (χ4v) is 4.31. The number of fused-ring (bicyclic) bond motifs is 2. The first kappa shape index (κ1) is 18.7. The van der Waals surface area contributed by atoms with E-state index in [4.69, 9.17) is 24.3 Å². The zero-order valence-electron chi connectivity index (χ0n) is 14.8. The van der Waals surface area contributed by atoms with Crippen LogP contribution in [0.1, 0.15) is 32.4 Å². The van der Waals surface area contributed by atoms with Crippen LogP contribution in [0.15, 0.2) is 12.7 Å². The second-order valence-corrected chi connectivity index (χ2v) is 7.93. The van der Waals surface area contributed by atoms with Gasteiger partial charge in [-0.1, -0.05) is 19.8 Å². The van der Waals surface area contributed by atoms with Gasteiger partial charge in [0.05, 0.1) is 12.9 Å². The maximum atomic E-state index is 11.9. The van der Waals surface area contributed by atoms with Gasteiger partial charge in [-0.15, -0.1) is 0 Å². The lowest BCUT2D eigenvalue weighted by atomic mass is 10.1. The number of imidazole rings is 1. The molecule has 2 aromatic rings. The number of nitrogen functional groups attached to an aromatic ring is 1. The van der Waals surface area contributed by atoms with Crippen LogP contribution in [0.5, 0.6) is 0 Å². The van der Waals surface area contributed by atoms with Gasteiger partial charge in [-0.25, -0.2) is 19.5 Å². The van der Waals surface area contributed by atoms with Crippen molar-refractivity contribution in [3.63, 3.8) is 0 Å². The van der Waals surface area contributed by atoms with Crippen molar-refractivity contribution in [3.8, 4) is 0 Å². The monoisotopic (exact) mass is 399 g/mol. The van der Waals surface area contributed by atoms with Crippen LogP contribution >= 0.6 is 7.82 Å². The Morgan fingerprint density at radius 1 is 1.41 bits per heavy atom. The molecule has 0 aromatic carbocycles. The van der Waals surface area contributed by atoms with Crippen molar-refractivity contribution in [1.29, 1.82) is 0 Å². The molecule has 5 atom stereocenters. The van der Waals surface area contributed by atoms with Crippen molar-refractivity contribution >= 4 is 24.8 Å². The van der Waals surface area contributed by atoms with Crippen molar-refractivity contribution in [3.05, 3.63) is 12.7 Å². The highest BCUT2D eigenvalue weighted by Gasteiger charge is 2.53. The van der Waals surface area contributed by atoms with Crippen molar-refractivity contribution in [2.24, 2.45) is 0 Å². The Hall–Kier alpha value is -1.62. The number of nitrogens with zero attached hydrogens (tertiary/aromatic N) is 4. The number of phosphoric ester groups is 1. The molecule has 1 unspecified atom stereocenters. The normalized spacial score (nSPS) is 33.4. The van der Waals surface area contributed by atoms with Gasteiger partial charge in [0.25, 0.3) is 0 Å². The second-order valence-electron chi connectivity index (χ2n) is 6.52. The van der Waals surface area contributed by atoms with Crippen LogP contribution < -0.4 is 5.73 Å². The van der Waals surface area contributed by atoms with Gasteiger partial charge in [-0.2, -0.15) is 0 Å². The van der Waals surface area contributed by atoms with Crippen molar-refractivity contribution in [2.45, 2.75) is 50.7 Å². The summed E-state index contributed by atoms with van der Waals surface area (Å²) in [6.07, 6.45) is 3.27. The van der Waals surface area contributed by atoms with E-state index in [9.17, 15) is 9.46 Å². The van der Waals surface area contributed by atoms with E-state index < -0.39 is 32.4 Å². The van der Waals surface area contributed by atoms with Gasteiger partial charge in [0.1, 0.15) is 30.2 Å². The molecule has 2 saturated heterocycles. The summed E-state index contributed by atoms with van der Waals surface area (Å²) < 4.78 is 35.8.